The average Bonchev–Trinajstić information content (AvgIpc) is 3.49. The van der Waals surface area contributed by atoms with E-state index in [9.17, 15) is 9.59 Å². The Kier molecular flexibility index (Phi) is 8.88. The van der Waals surface area contributed by atoms with Crippen LogP contribution in [0.25, 0.3) is 0 Å². The first-order valence-electron chi connectivity index (χ1n) is 10.9. The van der Waals surface area contributed by atoms with Gasteiger partial charge < -0.3 is 19.2 Å². The number of aromatic nitrogens is 1. The SMILES string of the molecule is CCCCCOc1ccc(C(C)NC(=O)Cc2csc(NC(=O)c3ccco3)n2)cc1OC. The van der Waals surface area contributed by atoms with Crippen LogP contribution in [0.3, 0.4) is 0 Å². The van der Waals surface area contributed by atoms with E-state index in [1.165, 1.54) is 17.6 Å². The van der Waals surface area contributed by atoms with Crippen LogP contribution >= 0.6 is 11.3 Å². The maximum absolute atomic E-state index is 12.5. The van der Waals surface area contributed by atoms with Gasteiger partial charge in [0.1, 0.15) is 0 Å². The molecule has 3 aromatic rings. The third-order valence-corrected chi connectivity index (χ3v) is 5.74. The van der Waals surface area contributed by atoms with E-state index in [4.69, 9.17) is 13.9 Å². The second-order valence-corrected chi connectivity index (χ2v) is 8.37. The van der Waals surface area contributed by atoms with Gasteiger partial charge in [-0.25, -0.2) is 4.98 Å². The Morgan fingerprint density at radius 1 is 1.21 bits per heavy atom. The number of ether oxygens (including phenoxy) is 2. The molecule has 2 aromatic heterocycles. The molecule has 3 rings (SSSR count). The summed E-state index contributed by atoms with van der Waals surface area (Å²) in [6.45, 7) is 4.71. The highest BCUT2D eigenvalue weighted by atomic mass is 32.1. The number of amides is 2. The highest BCUT2D eigenvalue weighted by Crippen LogP contribution is 2.30. The molecule has 2 amide bonds. The summed E-state index contributed by atoms with van der Waals surface area (Å²) < 4.78 is 16.4. The summed E-state index contributed by atoms with van der Waals surface area (Å²) in [6.07, 6.45) is 4.79. The largest absolute Gasteiger partial charge is 0.493 e. The van der Waals surface area contributed by atoms with E-state index >= 15 is 0 Å². The van der Waals surface area contributed by atoms with Gasteiger partial charge >= 0.3 is 0 Å². The number of nitrogens with one attached hydrogen (secondary N) is 2. The second kappa shape index (κ2) is 12.1. The van der Waals surface area contributed by atoms with Crippen molar-refractivity contribution < 1.29 is 23.5 Å². The molecular weight excluding hydrogens is 442 g/mol. The zero-order chi connectivity index (χ0) is 23.6. The smallest absolute Gasteiger partial charge is 0.293 e. The number of thiazole rings is 1. The number of rotatable bonds is 12. The molecule has 0 saturated heterocycles. The van der Waals surface area contributed by atoms with Crippen molar-refractivity contribution in [2.45, 2.75) is 45.6 Å². The molecule has 2 N–H and O–H groups in total. The van der Waals surface area contributed by atoms with Crippen LogP contribution in [0.4, 0.5) is 5.13 Å². The predicted molar refractivity (Wildman–Crippen MR) is 127 cm³/mol. The van der Waals surface area contributed by atoms with Crippen molar-refractivity contribution in [1.29, 1.82) is 0 Å². The average molecular weight is 472 g/mol. The van der Waals surface area contributed by atoms with Crippen molar-refractivity contribution in [3.8, 4) is 11.5 Å². The topological polar surface area (TPSA) is 103 Å². The molecule has 8 nitrogen and oxygen atoms in total. The fourth-order valence-electron chi connectivity index (χ4n) is 3.16. The summed E-state index contributed by atoms with van der Waals surface area (Å²) in [7, 11) is 1.60. The predicted octanol–water partition coefficient (Wildman–Crippen LogP) is 4.99. The van der Waals surface area contributed by atoms with Crippen LogP contribution in [0.15, 0.2) is 46.4 Å². The van der Waals surface area contributed by atoms with Gasteiger partial charge in [0.15, 0.2) is 22.4 Å². The minimum absolute atomic E-state index is 0.104. The molecule has 0 aliphatic heterocycles. The number of carbonyl (C=O) groups excluding carboxylic acids is 2. The van der Waals surface area contributed by atoms with Crippen molar-refractivity contribution in [2.75, 3.05) is 19.0 Å². The fourth-order valence-corrected chi connectivity index (χ4v) is 3.86. The molecule has 1 aromatic carbocycles. The monoisotopic (exact) mass is 471 g/mol. The Bertz CT molecular complexity index is 1050. The Morgan fingerprint density at radius 2 is 2.06 bits per heavy atom. The molecule has 33 heavy (non-hydrogen) atoms. The lowest BCUT2D eigenvalue weighted by atomic mass is 10.1. The number of benzene rings is 1. The quantitative estimate of drug-likeness (QED) is 0.361. The van der Waals surface area contributed by atoms with Gasteiger partial charge in [0.25, 0.3) is 5.91 Å². The van der Waals surface area contributed by atoms with Crippen LogP contribution in [0.5, 0.6) is 11.5 Å². The molecule has 176 valence electrons. The maximum atomic E-state index is 12.5. The lowest BCUT2D eigenvalue weighted by molar-refractivity contribution is -0.121. The van der Waals surface area contributed by atoms with Crippen LogP contribution < -0.4 is 20.1 Å². The van der Waals surface area contributed by atoms with Gasteiger partial charge in [0.05, 0.1) is 38.1 Å². The molecule has 0 aliphatic rings. The maximum Gasteiger partial charge on any atom is 0.293 e. The van der Waals surface area contributed by atoms with Crippen LogP contribution in [0.1, 0.15) is 61.0 Å². The number of anilines is 1. The summed E-state index contributed by atoms with van der Waals surface area (Å²) in [5, 5.41) is 7.79. The van der Waals surface area contributed by atoms with Gasteiger partial charge in [0, 0.05) is 5.38 Å². The Balaban J connectivity index is 1.53. The van der Waals surface area contributed by atoms with Crippen LogP contribution in [0, 0.1) is 0 Å². The van der Waals surface area contributed by atoms with E-state index in [-0.39, 0.29) is 30.0 Å². The van der Waals surface area contributed by atoms with E-state index < -0.39 is 0 Å². The summed E-state index contributed by atoms with van der Waals surface area (Å²) in [5.41, 5.74) is 1.48. The lowest BCUT2D eigenvalue weighted by Crippen LogP contribution is -2.28. The van der Waals surface area contributed by atoms with Crippen molar-refractivity contribution in [2.24, 2.45) is 0 Å². The molecule has 0 radical (unpaired) electrons. The van der Waals surface area contributed by atoms with Crippen LogP contribution in [0.2, 0.25) is 0 Å². The molecule has 1 atom stereocenters. The number of hydrogen-bond donors (Lipinski definition) is 2. The van der Waals surface area contributed by atoms with Crippen LogP contribution in [-0.4, -0.2) is 30.5 Å². The fraction of sp³-hybridized carbons (Fsp3) is 0.375. The van der Waals surface area contributed by atoms with E-state index in [0.717, 1.165) is 24.8 Å². The third-order valence-electron chi connectivity index (χ3n) is 4.93. The zero-order valence-corrected chi connectivity index (χ0v) is 19.9. The van der Waals surface area contributed by atoms with E-state index in [1.807, 2.05) is 25.1 Å². The Morgan fingerprint density at radius 3 is 2.79 bits per heavy atom. The van der Waals surface area contributed by atoms with E-state index in [0.29, 0.717) is 28.9 Å². The summed E-state index contributed by atoms with van der Waals surface area (Å²) >= 11 is 1.25. The van der Waals surface area contributed by atoms with Gasteiger partial charge in [-0.1, -0.05) is 25.8 Å². The highest BCUT2D eigenvalue weighted by molar-refractivity contribution is 7.14. The Hall–Kier alpha value is -3.33. The number of methoxy groups -OCH3 is 1. The molecule has 0 spiro atoms. The van der Waals surface area contributed by atoms with Gasteiger partial charge in [-0.15, -0.1) is 11.3 Å². The van der Waals surface area contributed by atoms with Crippen LogP contribution in [-0.2, 0) is 11.2 Å². The molecule has 2 heterocycles. The number of furan rings is 1. The molecule has 9 heteroatoms. The number of unbranched alkanes of at least 4 members (excludes halogenated alkanes) is 2. The van der Waals surface area contributed by atoms with Gasteiger partial charge in [-0.2, -0.15) is 0 Å². The van der Waals surface area contributed by atoms with Gasteiger partial charge in [0.2, 0.25) is 5.91 Å². The normalized spacial score (nSPS) is 11.6. The standard InChI is InChI=1S/C24H29N3O5S/c1-4-5-6-11-31-19-10-9-17(13-21(19)30-3)16(2)25-22(28)14-18-15-33-24(26-18)27-23(29)20-8-7-12-32-20/h7-10,12-13,15-16H,4-6,11,14H2,1-3H3,(H,25,28)(H,26,27,29). The first-order valence-corrected chi connectivity index (χ1v) is 11.8. The lowest BCUT2D eigenvalue weighted by Gasteiger charge is -2.17. The molecule has 0 fully saturated rings. The van der Waals surface area contributed by atoms with Crippen molar-refractivity contribution in [1.82, 2.24) is 10.3 Å². The molecule has 1 unspecified atom stereocenters. The minimum atomic E-state index is -0.384. The van der Waals surface area contributed by atoms with Crippen molar-refractivity contribution >= 4 is 28.3 Å². The molecule has 0 aliphatic carbocycles. The van der Waals surface area contributed by atoms with E-state index in [2.05, 4.69) is 22.5 Å². The molecule has 0 saturated carbocycles. The van der Waals surface area contributed by atoms with Gasteiger partial charge in [-0.05, 0) is 43.2 Å². The summed E-state index contributed by atoms with van der Waals surface area (Å²) in [4.78, 5) is 28.9. The Labute approximate surface area is 197 Å². The first-order chi connectivity index (χ1) is 16.0. The number of carbonyl (C=O) groups is 2. The summed E-state index contributed by atoms with van der Waals surface area (Å²) in [5.74, 6) is 0.983. The third kappa shape index (κ3) is 7.08. The summed E-state index contributed by atoms with van der Waals surface area (Å²) in [6, 6.07) is 8.66. The molecular formula is C24H29N3O5S. The van der Waals surface area contributed by atoms with E-state index in [1.54, 1.807) is 24.6 Å². The first kappa shape index (κ1) is 24.3. The molecule has 0 bridgehead atoms. The minimum Gasteiger partial charge on any atom is -0.493 e. The number of nitrogens with zero attached hydrogens (tertiary/aromatic N) is 1. The van der Waals surface area contributed by atoms with Gasteiger partial charge in [-0.3, -0.25) is 14.9 Å². The van der Waals surface area contributed by atoms with Crippen molar-refractivity contribution in [3.63, 3.8) is 0 Å². The number of hydrogen-bond acceptors (Lipinski definition) is 7. The zero-order valence-electron chi connectivity index (χ0n) is 19.1. The second-order valence-electron chi connectivity index (χ2n) is 7.51. The highest BCUT2D eigenvalue weighted by Gasteiger charge is 2.16. The van der Waals surface area contributed by atoms with Crippen molar-refractivity contribution in [3.05, 3.63) is 59.0 Å².